The number of halogens is 3. The Labute approximate surface area is 188 Å². The van der Waals surface area contributed by atoms with Crippen molar-refractivity contribution in [2.45, 2.75) is 32.6 Å². The number of alkyl halides is 3. The van der Waals surface area contributed by atoms with E-state index in [0.717, 1.165) is 11.6 Å². The van der Waals surface area contributed by atoms with Crippen molar-refractivity contribution in [1.82, 2.24) is 9.88 Å². The molecule has 2 aromatic carbocycles. The van der Waals surface area contributed by atoms with E-state index >= 15 is 0 Å². The summed E-state index contributed by atoms with van der Waals surface area (Å²) < 4.78 is 42.6. The first-order chi connectivity index (χ1) is 15.6. The van der Waals surface area contributed by atoms with Crippen LogP contribution in [0, 0.1) is 6.92 Å². The molecule has 4 N–H and O–H groups in total. The molecule has 1 aromatic heterocycles. The first-order valence-corrected chi connectivity index (χ1v) is 10.2. The van der Waals surface area contributed by atoms with E-state index in [1.165, 1.54) is 23.0 Å². The molecule has 3 aromatic rings. The molecule has 3 amide bonds. The fraction of sp³-hybridized carbons (Fsp3) is 0.217. The number of carbonyl (C=O) groups excluding carboxylic acids is 2. The highest BCUT2D eigenvalue weighted by Gasteiger charge is 2.36. The van der Waals surface area contributed by atoms with Gasteiger partial charge in [-0.1, -0.05) is 17.7 Å². The van der Waals surface area contributed by atoms with Crippen molar-refractivity contribution >= 4 is 29.0 Å². The number of aromatic nitrogens is 1. The van der Waals surface area contributed by atoms with Gasteiger partial charge in [0, 0.05) is 24.6 Å². The molecular weight excluding hydrogens is 435 g/mol. The Balaban J connectivity index is 1.52. The lowest BCUT2D eigenvalue weighted by molar-refractivity contribution is -0.137. The highest BCUT2D eigenvalue weighted by molar-refractivity contribution is 6.03. The molecule has 0 spiro atoms. The van der Waals surface area contributed by atoms with E-state index in [-0.39, 0.29) is 17.9 Å². The molecular formula is C23H22F3N5O2. The Kier molecular flexibility index (Phi) is 5.75. The summed E-state index contributed by atoms with van der Waals surface area (Å²) >= 11 is 0. The van der Waals surface area contributed by atoms with Crippen molar-refractivity contribution in [3.05, 3.63) is 71.5 Å². The maximum absolute atomic E-state index is 13.8. The summed E-state index contributed by atoms with van der Waals surface area (Å²) in [4.78, 5) is 24.0. The number of hydrogen-bond acceptors (Lipinski definition) is 3. The first-order valence-electron chi connectivity index (χ1n) is 10.2. The minimum atomic E-state index is -4.63. The van der Waals surface area contributed by atoms with Crippen LogP contribution in [-0.4, -0.2) is 22.5 Å². The molecule has 0 saturated carbocycles. The smallest absolute Gasteiger partial charge is 0.372 e. The number of aryl methyl sites for hydroxylation is 1. The number of urea groups is 1. The zero-order valence-electron chi connectivity index (χ0n) is 17.9. The van der Waals surface area contributed by atoms with Crippen LogP contribution in [0.4, 0.5) is 35.0 Å². The standard InChI is InChI=1S/C23H22F3N5O2/c1-13-3-5-16(6-4-13)29-22(33)27-11-15-7-8-31(12-15)20-10-19-18(9-17(20)23(24,25)26)30-21(32)14(2)28-19/h3-10,12,14,28H,11H2,1-2H3,(H,30,32)(H2,27,29,33). The van der Waals surface area contributed by atoms with Gasteiger partial charge >= 0.3 is 12.2 Å². The van der Waals surface area contributed by atoms with Crippen LogP contribution in [0.25, 0.3) is 5.69 Å². The van der Waals surface area contributed by atoms with Gasteiger partial charge in [0.25, 0.3) is 0 Å². The Morgan fingerprint density at radius 2 is 1.85 bits per heavy atom. The van der Waals surface area contributed by atoms with E-state index in [2.05, 4.69) is 21.3 Å². The molecule has 1 aliphatic heterocycles. The second-order valence-electron chi connectivity index (χ2n) is 7.87. The minimum Gasteiger partial charge on any atom is -0.372 e. The number of nitrogens with one attached hydrogen (secondary N) is 4. The maximum Gasteiger partial charge on any atom is 0.418 e. The van der Waals surface area contributed by atoms with Crippen LogP contribution in [0.1, 0.15) is 23.6 Å². The van der Waals surface area contributed by atoms with Crippen LogP contribution in [0.3, 0.4) is 0 Å². The van der Waals surface area contributed by atoms with Crippen molar-refractivity contribution in [1.29, 1.82) is 0 Å². The van der Waals surface area contributed by atoms with E-state index in [4.69, 9.17) is 0 Å². The number of amides is 3. The van der Waals surface area contributed by atoms with Gasteiger partial charge in [-0.15, -0.1) is 0 Å². The molecule has 1 unspecified atom stereocenters. The summed E-state index contributed by atoms with van der Waals surface area (Å²) in [6, 6.07) is 10.2. The fourth-order valence-corrected chi connectivity index (χ4v) is 3.48. The Morgan fingerprint density at radius 1 is 1.12 bits per heavy atom. The van der Waals surface area contributed by atoms with Crippen molar-refractivity contribution in [2.24, 2.45) is 0 Å². The molecule has 0 aliphatic carbocycles. The van der Waals surface area contributed by atoms with Gasteiger partial charge in [0.15, 0.2) is 0 Å². The lowest BCUT2D eigenvalue weighted by atomic mass is 10.1. The third-order valence-electron chi connectivity index (χ3n) is 5.26. The van der Waals surface area contributed by atoms with Gasteiger partial charge in [-0.25, -0.2) is 4.79 Å². The molecule has 4 rings (SSSR count). The number of fused-ring (bicyclic) bond motifs is 1. The summed E-state index contributed by atoms with van der Waals surface area (Å²) in [6.07, 6.45) is -1.61. The average Bonchev–Trinajstić information content (AvgIpc) is 3.22. The molecule has 1 aliphatic rings. The van der Waals surface area contributed by atoms with Crippen molar-refractivity contribution < 1.29 is 22.8 Å². The molecule has 0 radical (unpaired) electrons. The van der Waals surface area contributed by atoms with E-state index in [1.54, 1.807) is 25.1 Å². The van der Waals surface area contributed by atoms with E-state index in [1.807, 2.05) is 19.1 Å². The Bertz CT molecular complexity index is 1200. The van der Waals surface area contributed by atoms with Crippen LogP contribution in [-0.2, 0) is 17.5 Å². The van der Waals surface area contributed by atoms with Crippen molar-refractivity contribution in [3.8, 4) is 5.69 Å². The first kappa shape index (κ1) is 22.3. The minimum absolute atomic E-state index is 0.0796. The van der Waals surface area contributed by atoms with Crippen LogP contribution < -0.4 is 21.3 Å². The maximum atomic E-state index is 13.8. The van der Waals surface area contributed by atoms with Crippen LogP contribution in [0.5, 0.6) is 0 Å². The number of carbonyl (C=O) groups is 2. The lowest BCUT2D eigenvalue weighted by Gasteiger charge is -2.26. The summed E-state index contributed by atoms with van der Waals surface area (Å²) in [7, 11) is 0. The second kappa shape index (κ2) is 8.53. The number of benzene rings is 2. The van der Waals surface area contributed by atoms with E-state index in [9.17, 15) is 22.8 Å². The van der Waals surface area contributed by atoms with Gasteiger partial charge in [0.1, 0.15) is 6.04 Å². The summed E-state index contributed by atoms with van der Waals surface area (Å²) in [5.41, 5.74) is 1.82. The molecule has 0 fully saturated rings. The van der Waals surface area contributed by atoms with Gasteiger partial charge < -0.3 is 25.8 Å². The number of anilines is 3. The predicted octanol–water partition coefficient (Wildman–Crippen LogP) is 4.88. The highest BCUT2D eigenvalue weighted by Crippen LogP contribution is 2.40. The van der Waals surface area contributed by atoms with E-state index < -0.39 is 29.7 Å². The van der Waals surface area contributed by atoms with Crippen LogP contribution >= 0.6 is 0 Å². The summed E-state index contributed by atoms with van der Waals surface area (Å²) in [6.45, 7) is 3.69. The molecule has 1 atom stereocenters. The highest BCUT2D eigenvalue weighted by atomic mass is 19.4. The van der Waals surface area contributed by atoms with Gasteiger partial charge in [-0.05, 0) is 49.7 Å². The fourth-order valence-electron chi connectivity index (χ4n) is 3.48. The van der Waals surface area contributed by atoms with Gasteiger partial charge in [0.05, 0.1) is 22.6 Å². The zero-order chi connectivity index (χ0) is 23.8. The second-order valence-corrected chi connectivity index (χ2v) is 7.87. The molecule has 10 heteroatoms. The zero-order valence-corrected chi connectivity index (χ0v) is 17.9. The Morgan fingerprint density at radius 3 is 2.55 bits per heavy atom. The summed E-state index contributed by atoms with van der Waals surface area (Å²) in [5.74, 6) is -0.401. The third kappa shape index (κ3) is 4.94. The molecule has 172 valence electrons. The number of nitrogens with zero attached hydrogens (tertiary/aromatic N) is 1. The van der Waals surface area contributed by atoms with E-state index in [0.29, 0.717) is 16.9 Å². The molecule has 0 bridgehead atoms. The molecule has 7 nitrogen and oxygen atoms in total. The van der Waals surface area contributed by atoms with Gasteiger partial charge in [0.2, 0.25) is 5.91 Å². The van der Waals surface area contributed by atoms with Crippen LogP contribution in [0.15, 0.2) is 54.9 Å². The normalized spacial score (nSPS) is 15.3. The number of hydrogen-bond donors (Lipinski definition) is 4. The molecule has 0 saturated heterocycles. The van der Waals surface area contributed by atoms with Gasteiger partial charge in [-0.3, -0.25) is 4.79 Å². The van der Waals surface area contributed by atoms with Crippen molar-refractivity contribution in [3.63, 3.8) is 0 Å². The largest absolute Gasteiger partial charge is 0.418 e. The van der Waals surface area contributed by atoms with Crippen LogP contribution in [0.2, 0.25) is 0 Å². The van der Waals surface area contributed by atoms with Gasteiger partial charge in [-0.2, -0.15) is 13.2 Å². The Hall–Kier alpha value is -3.95. The quantitative estimate of drug-likeness (QED) is 0.451. The average molecular weight is 457 g/mol. The number of rotatable bonds is 4. The third-order valence-corrected chi connectivity index (χ3v) is 5.26. The molecule has 33 heavy (non-hydrogen) atoms. The van der Waals surface area contributed by atoms with Crippen molar-refractivity contribution in [2.75, 3.05) is 16.0 Å². The lowest BCUT2D eigenvalue weighted by Crippen LogP contribution is -2.36. The SMILES string of the molecule is Cc1ccc(NC(=O)NCc2ccn(-c3cc4c(cc3C(F)(F)F)NC(=O)C(C)N4)c2)cc1. The molecule has 2 heterocycles. The predicted molar refractivity (Wildman–Crippen MR) is 120 cm³/mol. The monoisotopic (exact) mass is 457 g/mol. The topological polar surface area (TPSA) is 87.2 Å². The summed E-state index contributed by atoms with van der Waals surface area (Å²) in [5, 5.41) is 10.8.